The van der Waals surface area contributed by atoms with Gasteiger partial charge in [0.1, 0.15) is 23.8 Å². The molecule has 3 aliphatic heterocycles. The Balaban J connectivity index is 1.11. The number of hydrogen-bond acceptors (Lipinski definition) is 10. The molecule has 304 valence electrons. The Labute approximate surface area is 334 Å². The zero-order chi connectivity index (χ0) is 41.2. The van der Waals surface area contributed by atoms with Crippen molar-refractivity contribution in [3.05, 3.63) is 113 Å². The summed E-state index contributed by atoms with van der Waals surface area (Å²) in [6.07, 6.45) is -1.62. The Kier molecular flexibility index (Phi) is 11.2. The number of benzene rings is 3. The lowest BCUT2D eigenvalue weighted by molar-refractivity contribution is -0.286. The van der Waals surface area contributed by atoms with Crippen LogP contribution in [0.5, 0.6) is 17.2 Å². The average molecular weight is 799 g/mol. The number of likely N-dealkylation sites (tertiary alicyclic amines) is 2. The molecule has 3 aromatic carbocycles. The highest BCUT2D eigenvalue weighted by Gasteiger charge is 2.56. The van der Waals surface area contributed by atoms with Crippen molar-refractivity contribution < 1.29 is 51.6 Å². The Morgan fingerprint density at radius 1 is 0.931 bits per heavy atom. The van der Waals surface area contributed by atoms with Crippen molar-refractivity contribution in [2.75, 3.05) is 25.1 Å². The Hall–Kier alpha value is -6.25. The van der Waals surface area contributed by atoms with Crippen LogP contribution in [0.3, 0.4) is 0 Å². The van der Waals surface area contributed by atoms with Crippen molar-refractivity contribution in [3.8, 4) is 17.2 Å². The fraction of sp³-hybridized carbons (Fsp3) is 0.372. The molecule has 4 amide bonds. The second-order valence-electron chi connectivity index (χ2n) is 15.4. The summed E-state index contributed by atoms with van der Waals surface area (Å²) in [7, 11) is 1.56. The number of halogens is 2. The minimum Gasteiger partial charge on any atom is -0.497 e. The minimum atomic E-state index is -3.76. The number of β-lactam (4-membered cyclic amide) rings is 1. The van der Waals surface area contributed by atoms with Crippen LogP contribution in [-0.4, -0.2) is 76.9 Å². The summed E-state index contributed by atoms with van der Waals surface area (Å²) in [6.45, 7) is 5.83. The van der Waals surface area contributed by atoms with Gasteiger partial charge in [0.25, 0.3) is 0 Å². The highest BCUT2D eigenvalue weighted by Crippen LogP contribution is 2.43. The number of carbonyl (C=O) groups is 4. The Morgan fingerprint density at radius 2 is 1.67 bits per heavy atom. The quantitative estimate of drug-likeness (QED) is 0.117. The van der Waals surface area contributed by atoms with Crippen molar-refractivity contribution in [2.45, 2.75) is 77.0 Å². The molecule has 0 aliphatic carbocycles. The molecule has 7 rings (SSSR count). The zero-order valence-electron chi connectivity index (χ0n) is 32.6. The van der Waals surface area contributed by atoms with Gasteiger partial charge >= 0.3 is 24.4 Å². The molecule has 1 aromatic heterocycles. The van der Waals surface area contributed by atoms with Crippen molar-refractivity contribution in [1.29, 1.82) is 0 Å². The summed E-state index contributed by atoms with van der Waals surface area (Å²) in [4.78, 5) is 63.9. The number of carbonyl (C=O) groups excluding carboxylic acids is 4. The van der Waals surface area contributed by atoms with E-state index in [0.29, 0.717) is 36.3 Å². The van der Waals surface area contributed by atoms with Crippen molar-refractivity contribution in [1.82, 2.24) is 14.8 Å². The van der Waals surface area contributed by atoms with Gasteiger partial charge in [-0.1, -0.05) is 48.5 Å². The molecule has 0 saturated carbocycles. The molecular weight excluding hydrogens is 754 g/mol. The standard InChI is InChI=1S/C43H44F2N4O9/c1-42(2,3)58-41(53)48(24-27-12-15-32(54-4)16-13-27)36-22-29(18-19-46-36)21-33-37(39(51)55-26-28-9-6-5-7-10-28)49(38(33)50)40(52)47-20-8-11-31(25-47)30-14-17-34-35(23-30)57-43(44,45)56-34/h5-7,9-10,12-19,22-23,31,33,37H,8,11,20-21,24-26H2,1-4H3/t31?,33-,37+/m1/s1. The van der Waals surface area contributed by atoms with Crippen LogP contribution in [0.1, 0.15) is 61.8 Å². The van der Waals surface area contributed by atoms with Gasteiger partial charge in [0.15, 0.2) is 17.5 Å². The maximum absolute atomic E-state index is 14.2. The lowest BCUT2D eigenvalue weighted by Crippen LogP contribution is -2.69. The number of rotatable bonds is 10. The first-order valence-electron chi connectivity index (χ1n) is 19.0. The van der Waals surface area contributed by atoms with E-state index in [1.165, 1.54) is 28.1 Å². The van der Waals surface area contributed by atoms with Crippen LogP contribution >= 0.6 is 0 Å². The molecule has 1 unspecified atom stereocenters. The predicted octanol–water partition coefficient (Wildman–Crippen LogP) is 7.47. The molecule has 3 aliphatic rings. The zero-order valence-corrected chi connectivity index (χ0v) is 32.6. The van der Waals surface area contributed by atoms with E-state index in [1.807, 2.05) is 30.3 Å². The third kappa shape index (κ3) is 8.98. The Morgan fingerprint density at radius 3 is 2.40 bits per heavy atom. The highest BCUT2D eigenvalue weighted by molar-refractivity contribution is 6.08. The number of alkyl halides is 2. The summed E-state index contributed by atoms with van der Waals surface area (Å²) in [5, 5.41) is 0. The van der Waals surface area contributed by atoms with E-state index in [9.17, 15) is 28.0 Å². The monoisotopic (exact) mass is 798 g/mol. The summed E-state index contributed by atoms with van der Waals surface area (Å²) in [5.74, 6) is -1.77. The average Bonchev–Trinajstić information content (AvgIpc) is 3.53. The number of urea groups is 1. The van der Waals surface area contributed by atoms with Crippen molar-refractivity contribution in [2.24, 2.45) is 5.92 Å². The van der Waals surface area contributed by atoms with Gasteiger partial charge in [0.2, 0.25) is 5.91 Å². The van der Waals surface area contributed by atoms with Crippen molar-refractivity contribution in [3.63, 3.8) is 0 Å². The molecule has 15 heteroatoms. The molecule has 3 atom stereocenters. The van der Waals surface area contributed by atoms with E-state index in [2.05, 4.69) is 14.5 Å². The fourth-order valence-corrected chi connectivity index (χ4v) is 7.30. The molecule has 4 aromatic rings. The van der Waals surface area contributed by atoms with Gasteiger partial charge in [0, 0.05) is 25.2 Å². The van der Waals surface area contributed by atoms with Gasteiger partial charge in [0.05, 0.1) is 19.6 Å². The lowest BCUT2D eigenvalue weighted by atomic mass is 9.82. The van der Waals surface area contributed by atoms with E-state index in [0.717, 1.165) is 16.0 Å². The third-order valence-electron chi connectivity index (χ3n) is 10.1. The van der Waals surface area contributed by atoms with Crippen LogP contribution in [0, 0.1) is 5.92 Å². The van der Waals surface area contributed by atoms with Crippen LogP contribution in [-0.2, 0) is 38.6 Å². The largest absolute Gasteiger partial charge is 0.586 e. The van der Waals surface area contributed by atoms with Crippen LogP contribution in [0.4, 0.5) is 24.2 Å². The van der Waals surface area contributed by atoms with Crippen LogP contribution in [0.15, 0.2) is 91.1 Å². The SMILES string of the molecule is COc1ccc(CN(C(=O)OC(C)(C)C)c2cc(C[C@H]3C(=O)N(C(=O)N4CCCC(c5ccc6c(c5)OC(F)(F)O6)C4)[C@@H]3C(=O)OCc3ccccc3)ccn2)cc1. The van der Waals surface area contributed by atoms with E-state index < -0.39 is 47.9 Å². The molecule has 2 saturated heterocycles. The topological polar surface area (TPSA) is 137 Å². The number of nitrogens with zero attached hydrogens (tertiary/aromatic N) is 4. The van der Waals surface area contributed by atoms with Crippen LogP contribution in [0.2, 0.25) is 0 Å². The number of aromatic nitrogens is 1. The Bertz CT molecular complexity index is 2160. The number of imide groups is 1. The van der Waals surface area contributed by atoms with E-state index in [-0.39, 0.29) is 49.4 Å². The van der Waals surface area contributed by atoms with Gasteiger partial charge in [-0.2, -0.15) is 0 Å². The molecule has 0 spiro atoms. The first kappa shape index (κ1) is 40.0. The van der Waals surface area contributed by atoms with Gasteiger partial charge in [-0.05, 0) is 98.7 Å². The van der Waals surface area contributed by atoms with Gasteiger partial charge in [-0.15, -0.1) is 8.78 Å². The lowest BCUT2D eigenvalue weighted by Gasteiger charge is -2.46. The normalized spacial score (nSPS) is 19.6. The smallest absolute Gasteiger partial charge is 0.497 e. The number of anilines is 1. The summed E-state index contributed by atoms with van der Waals surface area (Å²) < 4.78 is 53.3. The number of esters is 1. The number of ether oxygens (including phenoxy) is 5. The number of hydrogen-bond donors (Lipinski definition) is 0. The number of piperidine rings is 1. The second kappa shape index (κ2) is 16.3. The molecule has 0 radical (unpaired) electrons. The van der Waals surface area contributed by atoms with Crippen molar-refractivity contribution >= 4 is 29.8 Å². The number of methoxy groups -OCH3 is 1. The van der Waals surface area contributed by atoms with Crippen LogP contribution < -0.4 is 19.1 Å². The van der Waals surface area contributed by atoms with E-state index in [4.69, 9.17) is 14.2 Å². The maximum atomic E-state index is 14.2. The first-order valence-corrected chi connectivity index (χ1v) is 19.0. The maximum Gasteiger partial charge on any atom is 0.586 e. The predicted molar refractivity (Wildman–Crippen MR) is 205 cm³/mol. The molecule has 0 N–H and O–H groups in total. The fourth-order valence-electron chi connectivity index (χ4n) is 7.30. The molecule has 4 heterocycles. The molecule has 13 nitrogen and oxygen atoms in total. The second-order valence-corrected chi connectivity index (χ2v) is 15.4. The molecule has 2 fully saturated rings. The van der Waals surface area contributed by atoms with E-state index in [1.54, 1.807) is 70.3 Å². The first-order chi connectivity index (χ1) is 27.7. The molecular formula is C43H44F2N4O9. The molecule has 58 heavy (non-hydrogen) atoms. The highest BCUT2D eigenvalue weighted by atomic mass is 19.3. The van der Waals surface area contributed by atoms with Gasteiger partial charge in [-0.3, -0.25) is 9.69 Å². The van der Waals surface area contributed by atoms with Gasteiger partial charge < -0.3 is 28.6 Å². The minimum absolute atomic E-state index is 0.0401. The molecule has 0 bridgehead atoms. The third-order valence-corrected chi connectivity index (χ3v) is 10.1. The number of pyridine rings is 1. The number of fused-ring (bicyclic) bond motifs is 1. The summed E-state index contributed by atoms with van der Waals surface area (Å²) >= 11 is 0. The number of amides is 4. The van der Waals surface area contributed by atoms with Gasteiger partial charge in [-0.25, -0.2) is 24.3 Å². The van der Waals surface area contributed by atoms with Crippen LogP contribution in [0.25, 0.3) is 0 Å². The van der Waals surface area contributed by atoms with E-state index >= 15 is 0 Å². The summed E-state index contributed by atoms with van der Waals surface area (Å²) in [6, 6.07) is 22.3. The summed E-state index contributed by atoms with van der Waals surface area (Å²) in [5.41, 5.74) is 1.97.